The monoisotopic (exact) mass is 1060 g/mol. The van der Waals surface area contributed by atoms with Crippen molar-refractivity contribution in [3.63, 3.8) is 0 Å². The molecule has 0 aliphatic heterocycles. The molecular formula is C78H49N5. The molecule has 0 radical (unpaired) electrons. The van der Waals surface area contributed by atoms with Gasteiger partial charge in [0.2, 0.25) is 0 Å². The molecule has 0 spiro atoms. The number of para-hydroxylation sites is 8. The smallest absolute Gasteiger partial charge is 0.0547 e. The maximum atomic E-state index is 2.51. The van der Waals surface area contributed by atoms with Crippen molar-refractivity contribution >= 4 is 109 Å². The van der Waals surface area contributed by atoms with Crippen molar-refractivity contribution in [1.82, 2.24) is 22.8 Å². The van der Waals surface area contributed by atoms with E-state index in [1.165, 1.54) is 120 Å². The van der Waals surface area contributed by atoms with Gasteiger partial charge in [-0.2, -0.15) is 0 Å². The predicted molar refractivity (Wildman–Crippen MR) is 349 cm³/mol. The highest BCUT2D eigenvalue weighted by Gasteiger charge is 2.24. The van der Waals surface area contributed by atoms with Gasteiger partial charge in [-0.25, -0.2) is 0 Å². The Labute approximate surface area is 477 Å². The third-order valence-electron chi connectivity index (χ3n) is 17.7. The molecule has 0 aliphatic rings. The molecule has 83 heavy (non-hydrogen) atoms. The number of aromatic nitrogens is 5. The Morgan fingerprint density at radius 1 is 0.157 bits per heavy atom. The summed E-state index contributed by atoms with van der Waals surface area (Å²) in [5.41, 5.74) is 22.1. The zero-order valence-corrected chi connectivity index (χ0v) is 45.0. The molecular weight excluding hydrogens is 1010 g/mol. The van der Waals surface area contributed by atoms with Crippen LogP contribution >= 0.6 is 0 Å². The van der Waals surface area contributed by atoms with Crippen LogP contribution < -0.4 is 0 Å². The van der Waals surface area contributed by atoms with E-state index in [1.807, 2.05) is 0 Å². The molecule has 0 bridgehead atoms. The van der Waals surface area contributed by atoms with Crippen LogP contribution in [0.5, 0.6) is 0 Å². The molecule has 13 aromatic carbocycles. The van der Waals surface area contributed by atoms with Crippen LogP contribution in [0.4, 0.5) is 0 Å². The number of hydrogen-bond acceptors (Lipinski definition) is 0. The fourth-order valence-electron chi connectivity index (χ4n) is 14.2. The van der Waals surface area contributed by atoms with Gasteiger partial charge in [-0.1, -0.05) is 194 Å². The maximum Gasteiger partial charge on any atom is 0.0547 e. The summed E-state index contributed by atoms with van der Waals surface area (Å²) in [5, 5.41) is 12.4. The Morgan fingerprint density at radius 2 is 0.373 bits per heavy atom. The maximum absolute atomic E-state index is 2.51. The van der Waals surface area contributed by atoms with Gasteiger partial charge in [0, 0.05) is 65.2 Å². The molecule has 18 aromatic rings. The van der Waals surface area contributed by atoms with Gasteiger partial charge >= 0.3 is 0 Å². The quantitative estimate of drug-likeness (QED) is 0.152. The Balaban J connectivity index is 0.807. The molecule has 0 saturated heterocycles. The third-order valence-corrected chi connectivity index (χ3v) is 17.7. The second kappa shape index (κ2) is 17.7. The summed E-state index contributed by atoms with van der Waals surface area (Å²) in [6.45, 7) is 0. The Bertz CT molecular complexity index is 5390. The molecule has 5 heterocycles. The van der Waals surface area contributed by atoms with Crippen LogP contribution in [-0.4, -0.2) is 22.8 Å². The minimum absolute atomic E-state index is 1.09. The molecule has 0 aliphatic carbocycles. The lowest BCUT2D eigenvalue weighted by Gasteiger charge is -2.17. The van der Waals surface area contributed by atoms with Crippen LogP contribution in [0.2, 0.25) is 0 Å². The van der Waals surface area contributed by atoms with Crippen LogP contribution in [0.3, 0.4) is 0 Å². The van der Waals surface area contributed by atoms with Gasteiger partial charge in [-0.3, -0.25) is 0 Å². The first-order valence-electron chi connectivity index (χ1n) is 28.6. The van der Waals surface area contributed by atoms with Crippen molar-refractivity contribution in [3.8, 4) is 50.7 Å². The minimum Gasteiger partial charge on any atom is -0.309 e. The Hall–Kier alpha value is -11.1. The van der Waals surface area contributed by atoms with E-state index >= 15 is 0 Å². The number of fused-ring (bicyclic) bond motifs is 15. The number of hydrogen-bond donors (Lipinski definition) is 0. The Morgan fingerprint density at radius 3 is 0.675 bits per heavy atom. The first-order chi connectivity index (χ1) is 41.2. The van der Waals surface area contributed by atoms with Crippen LogP contribution in [0, 0.1) is 0 Å². The minimum atomic E-state index is 1.09. The van der Waals surface area contributed by atoms with Gasteiger partial charge in [0.05, 0.1) is 72.2 Å². The van der Waals surface area contributed by atoms with Gasteiger partial charge < -0.3 is 22.8 Å². The second-order valence-electron chi connectivity index (χ2n) is 22.0. The van der Waals surface area contributed by atoms with Crippen LogP contribution in [0.1, 0.15) is 0 Å². The second-order valence-corrected chi connectivity index (χ2v) is 22.0. The van der Waals surface area contributed by atoms with E-state index < -0.39 is 0 Å². The van der Waals surface area contributed by atoms with E-state index in [4.69, 9.17) is 0 Å². The molecule has 18 rings (SSSR count). The van der Waals surface area contributed by atoms with E-state index in [1.54, 1.807) is 0 Å². The highest BCUT2D eigenvalue weighted by atomic mass is 15.0. The van der Waals surface area contributed by atoms with Gasteiger partial charge in [-0.05, 0) is 125 Å². The zero-order chi connectivity index (χ0) is 54.3. The molecule has 386 valence electrons. The molecule has 0 atom stereocenters. The lowest BCUT2D eigenvalue weighted by Crippen LogP contribution is -2.03. The molecule has 5 nitrogen and oxygen atoms in total. The summed E-state index contributed by atoms with van der Waals surface area (Å²) in [6, 6.07) is 110. The van der Waals surface area contributed by atoms with E-state index in [0.717, 1.165) is 39.5 Å². The highest BCUT2D eigenvalue weighted by Crippen LogP contribution is 2.46. The third kappa shape index (κ3) is 6.65. The average molecular weight is 1060 g/mol. The van der Waals surface area contributed by atoms with Crippen molar-refractivity contribution in [2.45, 2.75) is 0 Å². The van der Waals surface area contributed by atoms with Crippen molar-refractivity contribution in [1.29, 1.82) is 0 Å². The van der Waals surface area contributed by atoms with Crippen LogP contribution in [-0.2, 0) is 0 Å². The fourth-order valence-corrected chi connectivity index (χ4v) is 14.2. The zero-order valence-electron chi connectivity index (χ0n) is 45.0. The Kier molecular flexibility index (Phi) is 9.73. The number of benzene rings is 13. The molecule has 0 unspecified atom stereocenters. The molecule has 0 N–H and O–H groups in total. The SMILES string of the molecule is c1ccc2c(c1)c1ccccc1n2-c1ccc(-c2ccc(-n3c4ccccc4c4c(-c5cccc6c5c5ccccc5n6-c5cc(-n6c7ccccc7c7ccccc76)cc(-n6c7ccccc7c7ccccc76)c5)cccc43)cc2)cc1. The van der Waals surface area contributed by atoms with Crippen LogP contribution in [0.25, 0.3) is 160 Å². The van der Waals surface area contributed by atoms with Gasteiger partial charge in [0.15, 0.2) is 0 Å². The van der Waals surface area contributed by atoms with Crippen molar-refractivity contribution in [2.75, 3.05) is 0 Å². The number of nitrogens with zero attached hydrogens (tertiary/aromatic N) is 5. The fraction of sp³-hybridized carbons (Fsp3) is 0. The van der Waals surface area contributed by atoms with Crippen molar-refractivity contribution < 1.29 is 0 Å². The first kappa shape index (κ1) is 45.7. The van der Waals surface area contributed by atoms with E-state index in [0.29, 0.717) is 0 Å². The van der Waals surface area contributed by atoms with E-state index in [9.17, 15) is 0 Å². The van der Waals surface area contributed by atoms with E-state index in [-0.39, 0.29) is 0 Å². The summed E-state index contributed by atoms with van der Waals surface area (Å²) >= 11 is 0. The molecule has 0 saturated carbocycles. The van der Waals surface area contributed by atoms with Gasteiger partial charge in [0.25, 0.3) is 0 Å². The largest absolute Gasteiger partial charge is 0.309 e. The topological polar surface area (TPSA) is 24.6 Å². The van der Waals surface area contributed by atoms with Crippen molar-refractivity contribution in [2.24, 2.45) is 0 Å². The van der Waals surface area contributed by atoms with E-state index in [2.05, 4.69) is 320 Å². The molecule has 0 fully saturated rings. The van der Waals surface area contributed by atoms with Crippen molar-refractivity contribution in [3.05, 3.63) is 297 Å². The summed E-state index contributed by atoms with van der Waals surface area (Å²) in [5.74, 6) is 0. The van der Waals surface area contributed by atoms with Gasteiger partial charge in [0.1, 0.15) is 0 Å². The molecule has 5 heteroatoms. The normalized spacial score (nSPS) is 12.1. The standard InChI is InChI=1S/C78H49N5/c1-9-29-67-57(19-1)58-20-2-10-30-68(58)79(67)52-43-39-50(40-44-52)51-41-45-53(46-42-51)80-73-35-15-7-25-65(73)77-63(27-17-37-75(77)80)64-28-18-38-76-78(64)66-26-8-16-36-74(66)83(76)56-48-54(81-69-31-11-3-21-59(69)60-22-4-12-32-70(60)81)47-55(49-56)82-71-33-13-5-23-61(71)62-24-6-14-34-72(62)82/h1-49H. The molecule has 0 amide bonds. The lowest BCUT2D eigenvalue weighted by molar-refractivity contribution is 1.10. The summed E-state index contributed by atoms with van der Waals surface area (Å²) < 4.78 is 12.2. The molecule has 5 aromatic heterocycles. The predicted octanol–water partition coefficient (Wildman–Crippen LogP) is 20.5. The summed E-state index contributed by atoms with van der Waals surface area (Å²) in [4.78, 5) is 0. The van der Waals surface area contributed by atoms with Crippen LogP contribution in [0.15, 0.2) is 297 Å². The highest BCUT2D eigenvalue weighted by molar-refractivity contribution is 6.22. The summed E-state index contributed by atoms with van der Waals surface area (Å²) in [6.07, 6.45) is 0. The van der Waals surface area contributed by atoms with Gasteiger partial charge in [-0.15, -0.1) is 0 Å². The summed E-state index contributed by atoms with van der Waals surface area (Å²) in [7, 11) is 0. The lowest BCUT2D eigenvalue weighted by atomic mass is 9.95. The number of rotatable bonds is 7. The average Bonchev–Trinajstić information content (AvgIpc) is 3.17. The first-order valence-corrected chi connectivity index (χ1v) is 28.6.